The Hall–Kier alpha value is -2.48. The molecule has 0 radical (unpaired) electrons. The lowest BCUT2D eigenvalue weighted by molar-refractivity contribution is -0.384. The third-order valence-corrected chi connectivity index (χ3v) is 3.90. The quantitative estimate of drug-likeness (QED) is 0.495. The van der Waals surface area contributed by atoms with Gasteiger partial charge in [0.15, 0.2) is 0 Å². The molecule has 1 aliphatic carbocycles. The van der Waals surface area contributed by atoms with E-state index >= 15 is 0 Å². The number of rotatable bonds is 4. The first kappa shape index (κ1) is 16.9. The first-order chi connectivity index (χ1) is 10.9. The number of ether oxygens (including phenoxy) is 1. The average Bonchev–Trinajstić information content (AvgIpc) is 2.53. The lowest BCUT2D eigenvalue weighted by Crippen LogP contribution is -2.34. The smallest absolute Gasteiger partial charge is 0.338 e. The van der Waals surface area contributed by atoms with Crippen LogP contribution in [0.15, 0.2) is 18.2 Å². The van der Waals surface area contributed by atoms with Crippen molar-refractivity contribution in [2.45, 2.75) is 31.7 Å². The molecule has 1 amide bonds. The normalized spacial score (nSPS) is 20.6. The number of hydrogen-bond acceptors (Lipinski definition) is 6. The third kappa shape index (κ3) is 4.26. The number of methoxy groups -OCH3 is 1. The number of hydrogen-bond donors (Lipinski definition) is 2. The highest BCUT2D eigenvalue weighted by Crippen LogP contribution is 2.26. The van der Waals surface area contributed by atoms with Crippen molar-refractivity contribution < 1.29 is 19.2 Å². The Morgan fingerprint density at radius 1 is 1.35 bits per heavy atom. The van der Waals surface area contributed by atoms with Crippen LogP contribution in [0.2, 0.25) is 0 Å². The number of anilines is 1. The Kier molecular flexibility index (Phi) is 5.28. The van der Waals surface area contributed by atoms with Crippen LogP contribution in [0.5, 0.6) is 0 Å². The van der Waals surface area contributed by atoms with Crippen molar-refractivity contribution in [3.63, 3.8) is 0 Å². The zero-order valence-electron chi connectivity index (χ0n) is 12.8. The van der Waals surface area contributed by atoms with Crippen molar-refractivity contribution in [3.05, 3.63) is 33.9 Å². The van der Waals surface area contributed by atoms with Crippen LogP contribution in [0.4, 0.5) is 11.4 Å². The summed E-state index contributed by atoms with van der Waals surface area (Å²) in [6.07, 6.45) is 3.09. The molecule has 1 fully saturated rings. The molecule has 8 heteroatoms. The fourth-order valence-electron chi connectivity index (χ4n) is 2.73. The topological polar surface area (TPSA) is 125 Å². The molecule has 2 rings (SSSR count). The monoisotopic (exact) mass is 321 g/mol. The molecule has 8 nitrogen and oxygen atoms in total. The first-order valence-electron chi connectivity index (χ1n) is 7.35. The summed E-state index contributed by atoms with van der Waals surface area (Å²) < 4.78 is 4.57. The van der Waals surface area contributed by atoms with Crippen LogP contribution in [0, 0.1) is 16.0 Å². The third-order valence-electron chi connectivity index (χ3n) is 3.90. The SMILES string of the molecule is COC(=O)c1cc(NC(=O)C2CCCC(N)C2)cc([N+](=O)[O-])c1. The van der Waals surface area contributed by atoms with E-state index in [0.29, 0.717) is 6.42 Å². The summed E-state index contributed by atoms with van der Waals surface area (Å²) in [6, 6.07) is 3.68. The van der Waals surface area contributed by atoms with Gasteiger partial charge in [-0.25, -0.2) is 4.79 Å². The second-order valence-electron chi connectivity index (χ2n) is 5.63. The van der Waals surface area contributed by atoms with Crippen LogP contribution in [0.25, 0.3) is 0 Å². The van der Waals surface area contributed by atoms with Crippen LogP contribution in [-0.2, 0) is 9.53 Å². The predicted octanol–water partition coefficient (Wildman–Crippen LogP) is 1.84. The molecule has 2 atom stereocenters. The van der Waals surface area contributed by atoms with Crippen LogP contribution >= 0.6 is 0 Å². The Bertz CT molecular complexity index is 632. The lowest BCUT2D eigenvalue weighted by atomic mass is 9.85. The molecule has 1 aromatic carbocycles. The Labute approximate surface area is 133 Å². The summed E-state index contributed by atoms with van der Waals surface area (Å²) in [6.45, 7) is 0. The average molecular weight is 321 g/mol. The van der Waals surface area contributed by atoms with Crippen LogP contribution in [0.3, 0.4) is 0 Å². The minimum Gasteiger partial charge on any atom is -0.465 e. The number of carbonyl (C=O) groups is 2. The number of nitrogens with one attached hydrogen (secondary N) is 1. The van der Waals surface area contributed by atoms with Crippen molar-refractivity contribution in [2.24, 2.45) is 11.7 Å². The maximum Gasteiger partial charge on any atom is 0.338 e. The van der Waals surface area contributed by atoms with Gasteiger partial charge in [-0.1, -0.05) is 6.42 Å². The Morgan fingerprint density at radius 3 is 2.70 bits per heavy atom. The van der Waals surface area contributed by atoms with Crippen LogP contribution in [-0.4, -0.2) is 30.0 Å². The van der Waals surface area contributed by atoms with Crippen molar-refractivity contribution >= 4 is 23.3 Å². The Balaban J connectivity index is 2.20. The molecule has 1 saturated carbocycles. The summed E-state index contributed by atoms with van der Waals surface area (Å²) in [5.41, 5.74) is 5.79. The van der Waals surface area contributed by atoms with Crippen LogP contribution in [0.1, 0.15) is 36.0 Å². The molecule has 23 heavy (non-hydrogen) atoms. The van der Waals surface area contributed by atoms with E-state index in [1.54, 1.807) is 0 Å². The fraction of sp³-hybridized carbons (Fsp3) is 0.467. The number of benzene rings is 1. The molecule has 0 aliphatic heterocycles. The van der Waals surface area contributed by atoms with Gasteiger partial charge in [0.05, 0.1) is 17.6 Å². The standard InChI is InChI=1S/C15H19N3O5/c1-23-15(20)10-6-12(8-13(7-10)18(21)22)17-14(19)9-3-2-4-11(16)5-9/h6-9,11H,2-5,16H2,1H3,(H,17,19). The van der Waals surface area contributed by atoms with Gasteiger partial charge in [-0.05, 0) is 25.3 Å². The number of nitrogens with two attached hydrogens (primary N) is 1. The molecule has 2 unspecified atom stereocenters. The van der Waals surface area contributed by atoms with Gasteiger partial charge in [0.2, 0.25) is 5.91 Å². The minimum atomic E-state index is -0.705. The molecular formula is C15H19N3O5. The molecule has 0 aromatic heterocycles. The molecule has 0 bridgehead atoms. The number of amides is 1. The van der Waals surface area contributed by atoms with Crippen molar-refractivity contribution in [2.75, 3.05) is 12.4 Å². The molecule has 0 heterocycles. The van der Waals surface area contributed by atoms with Gasteiger partial charge >= 0.3 is 5.97 Å². The molecule has 3 N–H and O–H groups in total. The summed E-state index contributed by atoms with van der Waals surface area (Å²) in [5, 5.41) is 13.6. The van der Waals surface area contributed by atoms with Crippen molar-refractivity contribution in [1.29, 1.82) is 0 Å². The number of esters is 1. The van der Waals surface area contributed by atoms with E-state index in [1.807, 2.05) is 0 Å². The molecule has 1 aromatic rings. The number of nitrogens with zero attached hydrogens (tertiary/aromatic N) is 1. The minimum absolute atomic E-state index is 0.00441. The largest absolute Gasteiger partial charge is 0.465 e. The zero-order valence-corrected chi connectivity index (χ0v) is 12.8. The van der Waals surface area contributed by atoms with E-state index in [0.717, 1.165) is 25.3 Å². The van der Waals surface area contributed by atoms with Gasteiger partial charge in [-0.3, -0.25) is 14.9 Å². The summed E-state index contributed by atoms with van der Waals surface area (Å²) >= 11 is 0. The van der Waals surface area contributed by atoms with E-state index in [9.17, 15) is 19.7 Å². The lowest BCUT2D eigenvalue weighted by Gasteiger charge is -2.25. The highest BCUT2D eigenvalue weighted by molar-refractivity contribution is 5.96. The molecule has 124 valence electrons. The van der Waals surface area contributed by atoms with E-state index in [1.165, 1.54) is 19.2 Å². The first-order valence-corrected chi connectivity index (χ1v) is 7.35. The van der Waals surface area contributed by atoms with E-state index < -0.39 is 10.9 Å². The maximum atomic E-state index is 12.3. The van der Waals surface area contributed by atoms with Gasteiger partial charge in [0.25, 0.3) is 5.69 Å². The number of nitro groups is 1. The zero-order chi connectivity index (χ0) is 17.0. The van der Waals surface area contributed by atoms with Crippen molar-refractivity contribution in [1.82, 2.24) is 0 Å². The highest BCUT2D eigenvalue weighted by Gasteiger charge is 2.26. The van der Waals surface area contributed by atoms with E-state index in [2.05, 4.69) is 10.1 Å². The van der Waals surface area contributed by atoms with E-state index in [-0.39, 0.29) is 34.8 Å². The number of carbonyl (C=O) groups excluding carboxylic acids is 2. The van der Waals surface area contributed by atoms with Gasteiger partial charge in [0, 0.05) is 29.8 Å². The molecule has 1 aliphatic rings. The number of nitro benzene ring substituents is 1. The summed E-state index contributed by atoms with van der Waals surface area (Å²) in [7, 11) is 1.18. The highest BCUT2D eigenvalue weighted by atomic mass is 16.6. The maximum absolute atomic E-state index is 12.3. The molecule has 0 saturated heterocycles. The van der Waals surface area contributed by atoms with E-state index in [4.69, 9.17) is 5.73 Å². The van der Waals surface area contributed by atoms with Crippen LogP contribution < -0.4 is 11.1 Å². The van der Waals surface area contributed by atoms with Gasteiger partial charge in [-0.2, -0.15) is 0 Å². The summed E-state index contributed by atoms with van der Waals surface area (Å²) in [5.74, 6) is -1.17. The number of non-ortho nitro benzene ring substituents is 1. The summed E-state index contributed by atoms with van der Waals surface area (Å²) in [4.78, 5) is 34.2. The van der Waals surface area contributed by atoms with Gasteiger partial charge < -0.3 is 15.8 Å². The Morgan fingerprint density at radius 2 is 2.09 bits per heavy atom. The predicted molar refractivity (Wildman–Crippen MR) is 83.0 cm³/mol. The second-order valence-corrected chi connectivity index (χ2v) is 5.63. The molecular weight excluding hydrogens is 302 g/mol. The van der Waals surface area contributed by atoms with Crippen molar-refractivity contribution in [3.8, 4) is 0 Å². The molecule has 0 spiro atoms. The van der Waals surface area contributed by atoms with Gasteiger partial charge in [0.1, 0.15) is 0 Å². The second kappa shape index (κ2) is 7.19. The fourth-order valence-corrected chi connectivity index (χ4v) is 2.73. The van der Waals surface area contributed by atoms with Gasteiger partial charge in [-0.15, -0.1) is 0 Å².